The molecule has 0 radical (unpaired) electrons. The van der Waals surface area contributed by atoms with Gasteiger partial charge in [-0.05, 0) is 12.8 Å². The Bertz CT molecular complexity index is 329. The molecule has 0 N–H and O–H groups in total. The minimum absolute atomic E-state index is 0.0327. The second kappa shape index (κ2) is 3.33. The number of ketones is 1. The molecule has 0 aromatic rings. The highest BCUT2D eigenvalue weighted by Crippen LogP contribution is 2.37. The van der Waals surface area contributed by atoms with E-state index >= 15 is 0 Å². The van der Waals surface area contributed by atoms with E-state index in [1.807, 2.05) is 20.8 Å². The third-order valence-corrected chi connectivity index (χ3v) is 4.41. The maximum atomic E-state index is 11.7. The van der Waals surface area contributed by atoms with Gasteiger partial charge in [0.2, 0.25) is 0 Å². The largest absolute Gasteiger partial charge is 0.299 e. The Labute approximate surface area is 85.8 Å². The van der Waals surface area contributed by atoms with Crippen molar-refractivity contribution in [3.63, 3.8) is 0 Å². The summed E-state index contributed by atoms with van der Waals surface area (Å²) in [6, 6.07) is 0. The number of hydrogen-bond donors (Lipinski definition) is 0. The number of rotatable bonds is 2. The molecule has 82 valence electrons. The van der Waals surface area contributed by atoms with Crippen LogP contribution in [0.1, 0.15) is 33.6 Å². The van der Waals surface area contributed by atoms with Crippen molar-refractivity contribution in [3.05, 3.63) is 0 Å². The van der Waals surface area contributed by atoms with E-state index in [2.05, 4.69) is 0 Å². The highest BCUT2D eigenvalue weighted by Gasteiger charge is 2.43. The molecule has 0 aromatic heterocycles. The van der Waals surface area contributed by atoms with Gasteiger partial charge >= 0.3 is 0 Å². The van der Waals surface area contributed by atoms with Crippen molar-refractivity contribution in [2.24, 2.45) is 11.3 Å². The minimum atomic E-state index is -2.93. The van der Waals surface area contributed by atoms with Crippen LogP contribution in [-0.2, 0) is 14.6 Å². The average Bonchev–Trinajstić information content (AvgIpc) is 1.77. The first kappa shape index (κ1) is 11.7. The number of Topliss-reactive ketones (excluding diaryl/α,β-unsaturated/α-hetero) is 1. The van der Waals surface area contributed by atoms with E-state index in [1.165, 1.54) is 6.26 Å². The lowest BCUT2D eigenvalue weighted by atomic mass is 9.73. The van der Waals surface area contributed by atoms with E-state index in [9.17, 15) is 13.2 Å². The minimum Gasteiger partial charge on any atom is -0.299 e. The topological polar surface area (TPSA) is 51.2 Å². The molecule has 1 fully saturated rings. The highest BCUT2D eigenvalue weighted by molar-refractivity contribution is 7.91. The quantitative estimate of drug-likeness (QED) is 0.704. The molecule has 1 saturated carbocycles. The van der Waals surface area contributed by atoms with Crippen LogP contribution in [0.5, 0.6) is 0 Å². The van der Waals surface area contributed by atoms with Gasteiger partial charge in [-0.2, -0.15) is 0 Å². The summed E-state index contributed by atoms with van der Waals surface area (Å²) in [6.07, 6.45) is 2.29. The molecule has 0 atom stereocenters. The summed E-state index contributed by atoms with van der Waals surface area (Å²) in [6.45, 7) is 5.63. The van der Waals surface area contributed by atoms with E-state index < -0.39 is 9.84 Å². The molecular weight excluding hydrogens is 200 g/mol. The maximum Gasteiger partial charge on any atom is 0.150 e. The van der Waals surface area contributed by atoms with E-state index in [0.29, 0.717) is 12.8 Å². The lowest BCUT2D eigenvalue weighted by molar-refractivity contribution is -0.132. The SMILES string of the molecule is CC(C)(C)C(=O)[C@H]1C[C@@H](S(C)(=O)=O)C1. The monoisotopic (exact) mass is 218 g/mol. The fourth-order valence-corrected chi connectivity index (χ4v) is 2.91. The zero-order valence-electron chi connectivity index (χ0n) is 9.20. The molecule has 1 aliphatic carbocycles. The summed E-state index contributed by atoms with van der Waals surface area (Å²) >= 11 is 0. The van der Waals surface area contributed by atoms with Gasteiger partial charge < -0.3 is 0 Å². The molecule has 0 amide bonds. The van der Waals surface area contributed by atoms with Gasteiger partial charge in [-0.25, -0.2) is 8.42 Å². The van der Waals surface area contributed by atoms with Gasteiger partial charge in [-0.3, -0.25) is 4.79 Å². The summed E-state index contributed by atoms with van der Waals surface area (Å²) in [7, 11) is -2.93. The smallest absolute Gasteiger partial charge is 0.150 e. The van der Waals surface area contributed by atoms with E-state index in [0.717, 1.165) is 0 Å². The molecule has 1 aliphatic rings. The zero-order chi connectivity index (χ0) is 11.1. The van der Waals surface area contributed by atoms with Crippen LogP contribution in [0.3, 0.4) is 0 Å². The van der Waals surface area contributed by atoms with Crippen molar-refractivity contribution in [3.8, 4) is 0 Å². The van der Waals surface area contributed by atoms with Crippen LogP contribution in [0.4, 0.5) is 0 Å². The average molecular weight is 218 g/mol. The lowest BCUT2D eigenvalue weighted by Crippen LogP contribution is -2.43. The van der Waals surface area contributed by atoms with Crippen molar-refractivity contribution in [1.29, 1.82) is 0 Å². The molecule has 14 heavy (non-hydrogen) atoms. The third-order valence-electron chi connectivity index (χ3n) is 2.81. The van der Waals surface area contributed by atoms with Crippen LogP contribution >= 0.6 is 0 Å². The van der Waals surface area contributed by atoms with Crippen LogP contribution in [0.15, 0.2) is 0 Å². The van der Waals surface area contributed by atoms with Gasteiger partial charge in [0.25, 0.3) is 0 Å². The van der Waals surface area contributed by atoms with Crippen molar-refractivity contribution >= 4 is 15.6 Å². The number of hydrogen-bond acceptors (Lipinski definition) is 3. The predicted molar refractivity (Wildman–Crippen MR) is 55.8 cm³/mol. The molecule has 0 heterocycles. The second-order valence-corrected chi connectivity index (χ2v) is 7.56. The molecule has 0 saturated heterocycles. The van der Waals surface area contributed by atoms with Gasteiger partial charge in [0.15, 0.2) is 0 Å². The molecular formula is C10H18O3S. The summed E-state index contributed by atoms with van der Waals surface area (Å²) in [5.74, 6) is 0.159. The first-order valence-electron chi connectivity index (χ1n) is 4.85. The first-order valence-corrected chi connectivity index (χ1v) is 6.81. The van der Waals surface area contributed by atoms with Crippen molar-refractivity contribution in [2.75, 3.05) is 6.26 Å². The molecule has 0 aromatic carbocycles. The van der Waals surface area contributed by atoms with Gasteiger partial charge in [0, 0.05) is 17.6 Å². The highest BCUT2D eigenvalue weighted by atomic mass is 32.2. The molecule has 4 heteroatoms. The fraction of sp³-hybridized carbons (Fsp3) is 0.900. The molecule has 0 aliphatic heterocycles. The Morgan fingerprint density at radius 1 is 1.21 bits per heavy atom. The maximum absolute atomic E-state index is 11.7. The van der Waals surface area contributed by atoms with Crippen LogP contribution in [0.25, 0.3) is 0 Å². The van der Waals surface area contributed by atoms with Gasteiger partial charge in [-0.1, -0.05) is 20.8 Å². The van der Waals surface area contributed by atoms with E-state index in [-0.39, 0.29) is 22.4 Å². The lowest BCUT2D eigenvalue weighted by Gasteiger charge is -2.36. The normalized spacial score (nSPS) is 28.3. The van der Waals surface area contributed by atoms with Crippen LogP contribution < -0.4 is 0 Å². The Hall–Kier alpha value is -0.380. The summed E-state index contributed by atoms with van der Waals surface area (Å²) in [4.78, 5) is 11.7. The van der Waals surface area contributed by atoms with Gasteiger partial charge in [0.1, 0.15) is 15.6 Å². The van der Waals surface area contributed by atoms with Crippen LogP contribution in [-0.4, -0.2) is 25.7 Å². The van der Waals surface area contributed by atoms with Crippen LogP contribution in [0, 0.1) is 11.3 Å². The van der Waals surface area contributed by atoms with Gasteiger partial charge in [0.05, 0.1) is 5.25 Å². The number of sulfone groups is 1. The Morgan fingerprint density at radius 3 is 1.93 bits per heavy atom. The Morgan fingerprint density at radius 2 is 1.64 bits per heavy atom. The number of carbonyl (C=O) groups excluding carboxylic acids is 1. The number of carbonyl (C=O) groups is 1. The Balaban J connectivity index is 2.55. The van der Waals surface area contributed by atoms with Crippen LogP contribution in [0.2, 0.25) is 0 Å². The molecule has 0 unspecified atom stereocenters. The molecule has 0 spiro atoms. The molecule has 0 bridgehead atoms. The summed E-state index contributed by atoms with van der Waals surface area (Å²) in [5.41, 5.74) is -0.340. The van der Waals surface area contributed by atoms with Crippen molar-refractivity contribution in [2.45, 2.75) is 38.9 Å². The summed E-state index contributed by atoms with van der Waals surface area (Å²) < 4.78 is 22.2. The van der Waals surface area contributed by atoms with E-state index in [4.69, 9.17) is 0 Å². The molecule has 1 rings (SSSR count). The second-order valence-electron chi connectivity index (χ2n) is 5.23. The third kappa shape index (κ3) is 2.35. The fourth-order valence-electron chi connectivity index (χ4n) is 1.74. The van der Waals surface area contributed by atoms with Crippen molar-refractivity contribution in [1.82, 2.24) is 0 Å². The van der Waals surface area contributed by atoms with Crippen molar-refractivity contribution < 1.29 is 13.2 Å². The Kier molecular flexibility index (Phi) is 2.78. The zero-order valence-corrected chi connectivity index (χ0v) is 10.0. The standard InChI is InChI=1S/C10H18O3S/c1-10(2,3)9(11)7-5-8(6-7)14(4,12)13/h7-8H,5-6H2,1-4H3/t7-,8+. The predicted octanol–water partition coefficient (Wildman–Crippen LogP) is 1.42. The first-order chi connectivity index (χ1) is 6.12. The van der Waals surface area contributed by atoms with E-state index in [1.54, 1.807) is 0 Å². The summed E-state index contributed by atoms with van der Waals surface area (Å²) in [5, 5.41) is -0.279. The van der Waals surface area contributed by atoms with Gasteiger partial charge in [-0.15, -0.1) is 0 Å². The molecule has 3 nitrogen and oxygen atoms in total.